The van der Waals surface area contributed by atoms with E-state index < -0.39 is 10.0 Å². The van der Waals surface area contributed by atoms with Crippen molar-refractivity contribution in [1.82, 2.24) is 4.31 Å². The van der Waals surface area contributed by atoms with Gasteiger partial charge in [0.25, 0.3) is 0 Å². The number of rotatable bonds is 4. The molecule has 20 heavy (non-hydrogen) atoms. The Labute approximate surface area is 129 Å². The minimum atomic E-state index is -3.73. The van der Waals surface area contributed by atoms with Gasteiger partial charge < -0.3 is 5.11 Å². The lowest BCUT2D eigenvalue weighted by molar-refractivity contribution is 0.350. The molecule has 1 rings (SSSR count). The average molecular weight is 336 g/mol. The summed E-state index contributed by atoms with van der Waals surface area (Å²) in [6, 6.07) is 2.85. The fraction of sp³-hybridized carbons (Fsp3) is 0.385. The summed E-state index contributed by atoms with van der Waals surface area (Å²) in [6.45, 7) is 3.85. The fourth-order valence-electron chi connectivity index (χ4n) is 1.71. The Balaban J connectivity index is 3.41. The lowest BCUT2D eigenvalue weighted by Gasteiger charge is -2.20. The summed E-state index contributed by atoms with van der Waals surface area (Å²) in [5.41, 5.74) is 0.451. The first kappa shape index (κ1) is 17.3. The van der Waals surface area contributed by atoms with Crippen molar-refractivity contribution in [2.45, 2.75) is 18.7 Å². The van der Waals surface area contributed by atoms with Crippen LogP contribution in [0.1, 0.15) is 19.4 Å². The van der Waals surface area contributed by atoms with Crippen molar-refractivity contribution in [3.63, 3.8) is 0 Å². The van der Waals surface area contributed by atoms with Crippen LogP contribution in [-0.2, 0) is 10.0 Å². The third-order valence-electron chi connectivity index (χ3n) is 2.61. The maximum Gasteiger partial charge on any atom is 0.246 e. The second kappa shape index (κ2) is 7.30. The Morgan fingerprint density at radius 1 is 1.20 bits per heavy atom. The van der Waals surface area contributed by atoms with Gasteiger partial charge in [-0.2, -0.15) is 4.31 Å². The number of sulfonamides is 1. The topological polar surface area (TPSA) is 57.6 Å². The van der Waals surface area contributed by atoms with Crippen molar-refractivity contribution >= 4 is 33.2 Å². The molecule has 0 bridgehead atoms. The Kier molecular flexibility index (Phi) is 6.31. The zero-order valence-electron chi connectivity index (χ0n) is 11.2. The number of benzene rings is 1. The van der Waals surface area contributed by atoms with Crippen LogP contribution in [-0.4, -0.2) is 37.5 Å². The summed E-state index contributed by atoms with van der Waals surface area (Å²) in [4.78, 5) is -0.112. The number of halogens is 2. The Morgan fingerprint density at radius 2 is 1.70 bits per heavy atom. The first-order valence-electron chi connectivity index (χ1n) is 5.97. The molecule has 110 valence electrons. The van der Waals surface area contributed by atoms with Gasteiger partial charge in [-0.25, -0.2) is 8.42 Å². The van der Waals surface area contributed by atoms with Crippen LogP contribution in [0.15, 0.2) is 17.0 Å². The van der Waals surface area contributed by atoms with E-state index in [4.69, 9.17) is 28.3 Å². The van der Waals surface area contributed by atoms with Crippen molar-refractivity contribution in [2.75, 3.05) is 19.7 Å². The molecule has 0 unspecified atom stereocenters. The summed E-state index contributed by atoms with van der Waals surface area (Å²) in [7, 11) is -3.73. The van der Waals surface area contributed by atoms with Gasteiger partial charge in [0.1, 0.15) is 11.5 Å². The second-order valence-corrected chi connectivity index (χ2v) is 6.51. The molecule has 1 N–H and O–H groups in total. The molecule has 0 saturated carbocycles. The van der Waals surface area contributed by atoms with Crippen LogP contribution in [0, 0.1) is 11.8 Å². The molecule has 7 heteroatoms. The minimum Gasteiger partial charge on any atom is -0.384 e. The maximum absolute atomic E-state index is 12.4. The van der Waals surface area contributed by atoms with E-state index in [2.05, 4.69) is 11.8 Å². The molecule has 0 heterocycles. The third kappa shape index (κ3) is 3.66. The predicted octanol–water partition coefficient (Wildman–Crippen LogP) is 2.37. The number of nitrogens with zero attached hydrogens (tertiary/aromatic N) is 1. The standard InChI is InChI=1S/C13H15Cl2NO3S/c1-3-16(4-2)20(18,19)13-11(14)8-10(6-5-7-17)9-12(13)15/h8-9,17H,3-4,7H2,1-2H3. The van der Waals surface area contributed by atoms with E-state index in [-0.39, 0.29) is 21.5 Å². The van der Waals surface area contributed by atoms with Crippen molar-refractivity contribution in [2.24, 2.45) is 0 Å². The minimum absolute atomic E-state index is 0.0200. The van der Waals surface area contributed by atoms with E-state index in [9.17, 15) is 8.42 Å². The highest BCUT2D eigenvalue weighted by atomic mass is 35.5. The van der Waals surface area contributed by atoms with Gasteiger partial charge in [-0.15, -0.1) is 0 Å². The number of hydrogen-bond donors (Lipinski definition) is 1. The van der Waals surface area contributed by atoms with E-state index in [1.165, 1.54) is 16.4 Å². The maximum atomic E-state index is 12.4. The lowest BCUT2D eigenvalue weighted by atomic mass is 10.2. The van der Waals surface area contributed by atoms with Crippen LogP contribution >= 0.6 is 23.2 Å². The molecule has 0 fully saturated rings. The van der Waals surface area contributed by atoms with Gasteiger partial charge in [-0.1, -0.05) is 48.9 Å². The van der Waals surface area contributed by atoms with Crippen LogP contribution in [0.4, 0.5) is 0 Å². The zero-order chi connectivity index (χ0) is 15.3. The van der Waals surface area contributed by atoms with Gasteiger partial charge in [0.05, 0.1) is 10.0 Å². The van der Waals surface area contributed by atoms with Gasteiger partial charge in [0.15, 0.2) is 0 Å². The quantitative estimate of drug-likeness (QED) is 0.859. The highest BCUT2D eigenvalue weighted by Crippen LogP contribution is 2.32. The molecule has 0 spiro atoms. The molecule has 0 saturated heterocycles. The SMILES string of the molecule is CCN(CC)S(=O)(=O)c1c(Cl)cc(C#CCO)cc1Cl. The number of aliphatic hydroxyl groups excluding tert-OH is 1. The molecular formula is C13H15Cl2NO3S. The molecule has 0 atom stereocenters. The van der Waals surface area contributed by atoms with Crippen LogP contribution in [0.3, 0.4) is 0 Å². The average Bonchev–Trinajstić information content (AvgIpc) is 2.36. The molecule has 0 aliphatic carbocycles. The predicted molar refractivity (Wildman–Crippen MR) is 80.5 cm³/mol. The van der Waals surface area contributed by atoms with Gasteiger partial charge in [0.2, 0.25) is 10.0 Å². The molecule has 0 aliphatic rings. The van der Waals surface area contributed by atoms with Gasteiger partial charge in [-0.3, -0.25) is 0 Å². The number of aliphatic hydroxyl groups is 1. The van der Waals surface area contributed by atoms with Crippen LogP contribution in [0.2, 0.25) is 10.0 Å². The summed E-state index contributed by atoms with van der Waals surface area (Å²) in [5.74, 6) is 5.09. The van der Waals surface area contributed by atoms with Gasteiger partial charge in [-0.05, 0) is 12.1 Å². The molecule has 1 aromatic carbocycles. The van der Waals surface area contributed by atoms with E-state index in [0.29, 0.717) is 18.7 Å². The highest BCUT2D eigenvalue weighted by Gasteiger charge is 2.27. The normalized spacial score (nSPS) is 11.3. The van der Waals surface area contributed by atoms with Gasteiger partial charge in [0, 0.05) is 18.7 Å². The first-order valence-corrected chi connectivity index (χ1v) is 8.17. The Bertz CT molecular complexity index is 620. The van der Waals surface area contributed by atoms with Crippen molar-refractivity contribution in [3.05, 3.63) is 27.7 Å². The largest absolute Gasteiger partial charge is 0.384 e. The van der Waals surface area contributed by atoms with Crippen LogP contribution in [0.5, 0.6) is 0 Å². The highest BCUT2D eigenvalue weighted by molar-refractivity contribution is 7.89. The molecule has 0 aromatic heterocycles. The molecule has 4 nitrogen and oxygen atoms in total. The lowest BCUT2D eigenvalue weighted by Crippen LogP contribution is -2.31. The second-order valence-electron chi connectivity index (χ2n) is 3.82. The number of hydrogen-bond acceptors (Lipinski definition) is 3. The van der Waals surface area contributed by atoms with Crippen molar-refractivity contribution < 1.29 is 13.5 Å². The van der Waals surface area contributed by atoms with E-state index in [1.54, 1.807) is 13.8 Å². The molecule has 1 aromatic rings. The van der Waals surface area contributed by atoms with Crippen LogP contribution in [0.25, 0.3) is 0 Å². The summed E-state index contributed by atoms with van der Waals surface area (Å²) in [6.07, 6.45) is 0. The van der Waals surface area contributed by atoms with Crippen molar-refractivity contribution in [3.8, 4) is 11.8 Å². The Hall–Kier alpha value is -0.770. The monoisotopic (exact) mass is 335 g/mol. The summed E-state index contributed by atoms with van der Waals surface area (Å²) < 4.78 is 26.2. The molecule has 0 aliphatic heterocycles. The zero-order valence-corrected chi connectivity index (χ0v) is 13.5. The molecule has 0 amide bonds. The Morgan fingerprint density at radius 3 is 2.10 bits per heavy atom. The fourth-order valence-corrected chi connectivity index (χ4v) is 4.33. The van der Waals surface area contributed by atoms with Crippen molar-refractivity contribution in [1.29, 1.82) is 0 Å². The molecule has 0 radical (unpaired) electrons. The van der Waals surface area contributed by atoms with E-state index in [0.717, 1.165) is 0 Å². The van der Waals surface area contributed by atoms with E-state index >= 15 is 0 Å². The van der Waals surface area contributed by atoms with Crippen LogP contribution < -0.4 is 0 Å². The van der Waals surface area contributed by atoms with E-state index in [1.807, 2.05) is 0 Å². The van der Waals surface area contributed by atoms with Gasteiger partial charge >= 0.3 is 0 Å². The summed E-state index contributed by atoms with van der Waals surface area (Å²) >= 11 is 12.1. The first-order chi connectivity index (χ1) is 9.38. The summed E-state index contributed by atoms with van der Waals surface area (Å²) in [5, 5.41) is 8.68. The smallest absolute Gasteiger partial charge is 0.246 e. The molecular weight excluding hydrogens is 321 g/mol. The third-order valence-corrected chi connectivity index (χ3v) is 5.59.